The van der Waals surface area contributed by atoms with Gasteiger partial charge in [0.25, 0.3) is 0 Å². The smallest absolute Gasteiger partial charge is 0.164 e. The summed E-state index contributed by atoms with van der Waals surface area (Å²) in [7, 11) is 4.73. The molecule has 0 radical (unpaired) electrons. The molecule has 0 aliphatic carbocycles. The lowest BCUT2D eigenvalue weighted by Gasteiger charge is -2.13. The summed E-state index contributed by atoms with van der Waals surface area (Å²) in [5.41, 5.74) is 0.871. The maximum absolute atomic E-state index is 8.93. The van der Waals surface area contributed by atoms with Gasteiger partial charge in [-0.25, -0.2) is 0 Å². The van der Waals surface area contributed by atoms with Crippen LogP contribution in [0.3, 0.4) is 0 Å². The molecule has 0 fully saturated rings. The van der Waals surface area contributed by atoms with E-state index >= 15 is 0 Å². The van der Waals surface area contributed by atoms with Gasteiger partial charge in [-0.1, -0.05) is 0 Å². The van der Waals surface area contributed by atoms with E-state index in [2.05, 4.69) is 0 Å². The average Bonchev–Trinajstić information content (AvgIpc) is 2.28. The van der Waals surface area contributed by atoms with Crippen molar-refractivity contribution in [2.24, 2.45) is 0 Å². The third-order valence-corrected chi connectivity index (χ3v) is 2.15. The summed E-state index contributed by atoms with van der Waals surface area (Å²) in [6.45, 7) is 0.0622. The Balaban J connectivity index is 3.19. The molecule has 1 rings (SSSR count). The highest BCUT2D eigenvalue weighted by Crippen LogP contribution is 2.35. The summed E-state index contributed by atoms with van der Waals surface area (Å²) < 4.78 is 15.5. The molecule has 0 bridgehead atoms. The maximum atomic E-state index is 8.93. The van der Waals surface area contributed by atoms with E-state index in [1.807, 2.05) is 6.07 Å². The molecular formula is C11H16O4. The van der Waals surface area contributed by atoms with E-state index in [0.717, 1.165) is 5.56 Å². The second-order valence-corrected chi connectivity index (χ2v) is 3.00. The number of aliphatic hydroxyl groups excluding tert-OH is 1. The van der Waals surface area contributed by atoms with Crippen LogP contribution in [0.2, 0.25) is 0 Å². The lowest BCUT2D eigenvalue weighted by molar-refractivity contribution is 0.294. The molecule has 0 aromatic heterocycles. The molecule has 0 saturated heterocycles. The van der Waals surface area contributed by atoms with Crippen LogP contribution in [-0.2, 0) is 6.42 Å². The predicted molar refractivity (Wildman–Crippen MR) is 56.9 cm³/mol. The number of benzene rings is 1. The summed E-state index contributed by atoms with van der Waals surface area (Å²) in [6, 6.07) is 3.58. The van der Waals surface area contributed by atoms with Crippen LogP contribution in [-0.4, -0.2) is 33.0 Å². The third-order valence-electron chi connectivity index (χ3n) is 2.15. The Labute approximate surface area is 89.4 Å². The number of methoxy groups -OCH3 is 3. The van der Waals surface area contributed by atoms with Gasteiger partial charge in [-0.05, 0) is 12.5 Å². The Bertz CT molecular complexity index is 323. The maximum Gasteiger partial charge on any atom is 0.164 e. The Morgan fingerprint density at radius 2 is 1.80 bits per heavy atom. The summed E-state index contributed by atoms with van der Waals surface area (Å²) in [6.07, 6.45) is 0.511. The van der Waals surface area contributed by atoms with Crippen molar-refractivity contribution in [1.29, 1.82) is 0 Å². The van der Waals surface area contributed by atoms with E-state index in [9.17, 15) is 0 Å². The molecular weight excluding hydrogens is 196 g/mol. The van der Waals surface area contributed by atoms with Crippen molar-refractivity contribution < 1.29 is 19.3 Å². The standard InChI is InChI=1S/C11H16O4/c1-13-9-6-8(4-5-12)11(15-3)10(7-9)14-2/h6-7,12H,4-5H2,1-3H3. The molecule has 0 heterocycles. The van der Waals surface area contributed by atoms with Crippen LogP contribution in [0.1, 0.15) is 5.56 Å². The van der Waals surface area contributed by atoms with Crippen LogP contribution >= 0.6 is 0 Å². The number of hydrogen-bond donors (Lipinski definition) is 1. The van der Waals surface area contributed by atoms with Crippen LogP contribution in [0.5, 0.6) is 17.2 Å². The van der Waals surface area contributed by atoms with Crippen molar-refractivity contribution in [1.82, 2.24) is 0 Å². The zero-order valence-corrected chi connectivity index (χ0v) is 9.24. The second kappa shape index (κ2) is 5.46. The molecule has 0 aliphatic rings. The molecule has 4 nitrogen and oxygen atoms in total. The Hall–Kier alpha value is -1.42. The monoisotopic (exact) mass is 212 g/mol. The summed E-state index contributed by atoms with van der Waals surface area (Å²) >= 11 is 0. The Kier molecular flexibility index (Phi) is 4.24. The fourth-order valence-corrected chi connectivity index (χ4v) is 1.44. The van der Waals surface area contributed by atoms with Gasteiger partial charge in [0.2, 0.25) is 0 Å². The van der Waals surface area contributed by atoms with E-state index in [1.165, 1.54) is 0 Å². The minimum Gasteiger partial charge on any atom is -0.497 e. The molecule has 0 saturated carbocycles. The number of rotatable bonds is 5. The first-order valence-electron chi connectivity index (χ1n) is 4.66. The Morgan fingerprint density at radius 3 is 2.27 bits per heavy atom. The second-order valence-electron chi connectivity index (χ2n) is 3.00. The zero-order valence-electron chi connectivity index (χ0n) is 9.24. The van der Waals surface area contributed by atoms with Gasteiger partial charge in [0.05, 0.1) is 21.3 Å². The Morgan fingerprint density at radius 1 is 1.07 bits per heavy atom. The van der Waals surface area contributed by atoms with Crippen molar-refractivity contribution >= 4 is 0 Å². The van der Waals surface area contributed by atoms with Gasteiger partial charge in [-0.3, -0.25) is 0 Å². The van der Waals surface area contributed by atoms with Crippen LogP contribution in [0, 0.1) is 0 Å². The summed E-state index contributed by atoms with van der Waals surface area (Å²) in [5, 5.41) is 8.93. The predicted octanol–water partition coefficient (Wildman–Crippen LogP) is 1.25. The van der Waals surface area contributed by atoms with Crippen molar-refractivity contribution in [3.8, 4) is 17.2 Å². The first-order chi connectivity index (χ1) is 7.26. The highest BCUT2D eigenvalue weighted by Gasteiger charge is 2.12. The molecule has 15 heavy (non-hydrogen) atoms. The van der Waals surface area contributed by atoms with E-state index < -0.39 is 0 Å². The van der Waals surface area contributed by atoms with Crippen molar-refractivity contribution in [2.45, 2.75) is 6.42 Å². The molecule has 84 valence electrons. The van der Waals surface area contributed by atoms with Gasteiger partial charge in [-0.2, -0.15) is 0 Å². The summed E-state index contributed by atoms with van der Waals surface area (Å²) in [4.78, 5) is 0. The van der Waals surface area contributed by atoms with Gasteiger partial charge in [0.15, 0.2) is 11.5 Å². The minimum atomic E-state index is 0.0622. The van der Waals surface area contributed by atoms with Gasteiger partial charge >= 0.3 is 0 Å². The largest absolute Gasteiger partial charge is 0.497 e. The molecule has 0 spiro atoms. The number of aliphatic hydroxyl groups is 1. The lowest BCUT2D eigenvalue weighted by Crippen LogP contribution is -1.99. The van der Waals surface area contributed by atoms with E-state index in [1.54, 1.807) is 27.4 Å². The quantitative estimate of drug-likeness (QED) is 0.798. The molecule has 1 N–H and O–H groups in total. The van der Waals surface area contributed by atoms with Crippen molar-refractivity contribution in [2.75, 3.05) is 27.9 Å². The van der Waals surface area contributed by atoms with E-state index in [0.29, 0.717) is 23.7 Å². The molecule has 0 aliphatic heterocycles. The van der Waals surface area contributed by atoms with Gasteiger partial charge < -0.3 is 19.3 Å². The van der Waals surface area contributed by atoms with Gasteiger partial charge in [0.1, 0.15) is 5.75 Å². The minimum absolute atomic E-state index is 0.0622. The molecule has 0 amide bonds. The number of hydrogen-bond acceptors (Lipinski definition) is 4. The molecule has 1 aromatic carbocycles. The number of ether oxygens (including phenoxy) is 3. The van der Waals surface area contributed by atoms with Crippen molar-refractivity contribution in [3.05, 3.63) is 17.7 Å². The molecule has 0 unspecified atom stereocenters. The van der Waals surface area contributed by atoms with Crippen LogP contribution in [0.4, 0.5) is 0 Å². The fourth-order valence-electron chi connectivity index (χ4n) is 1.44. The topological polar surface area (TPSA) is 47.9 Å². The van der Waals surface area contributed by atoms with Crippen LogP contribution in [0.25, 0.3) is 0 Å². The highest BCUT2D eigenvalue weighted by atomic mass is 16.5. The van der Waals surface area contributed by atoms with Crippen LogP contribution in [0.15, 0.2) is 12.1 Å². The van der Waals surface area contributed by atoms with Crippen LogP contribution < -0.4 is 14.2 Å². The molecule has 0 atom stereocenters. The normalized spacial score (nSPS) is 9.87. The highest BCUT2D eigenvalue weighted by molar-refractivity contribution is 5.51. The summed E-state index contributed by atoms with van der Waals surface area (Å²) in [5.74, 6) is 1.95. The van der Waals surface area contributed by atoms with E-state index in [4.69, 9.17) is 19.3 Å². The molecule has 4 heteroatoms. The first-order valence-corrected chi connectivity index (χ1v) is 4.66. The fraction of sp³-hybridized carbons (Fsp3) is 0.455. The third kappa shape index (κ3) is 2.53. The SMILES string of the molecule is COc1cc(CCO)c(OC)c(OC)c1. The molecule has 1 aromatic rings. The van der Waals surface area contributed by atoms with E-state index in [-0.39, 0.29) is 6.61 Å². The lowest BCUT2D eigenvalue weighted by atomic mass is 10.1. The first kappa shape index (κ1) is 11.7. The zero-order chi connectivity index (χ0) is 11.3. The van der Waals surface area contributed by atoms with Gasteiger partial charge in [0, 0.05) is 18.2 Å². The van der Waals surface area contributed by atoms with Crippen molar-refractivity contribution in [3.63, 3.8) is 0 Å². The average molecular weight is 212 g/mol. The van der Waals surface area contributed by atoms with Gasteiger partial charge in [-0.15, -0.1) is 0 Å².